The molecule has 1 N–H and O–H groups in total. The molecule has 2 aromatic carbocycles. The molecule has 0 heterocycles. The summed E-state index contributed by atoms with van der Waals surface area (Å²) in [6, 6.07) is 13.8. The van der Waals surface area contributed by atoms with Gasteiger partial charge in [-0.25, -0.2) is 0 Å². The predicted molar refractivity (Wildman–Crippen MR) is 84.4 cm³/mol. The molecule has 19 heavy (non-hydrogen) atoms. The lowest BCUT2D eigenvalue weighted by Crippen LogP contribution is -2.12. The van der Waals surface area contributed by atoms with E-state index < -0.39 is 0 Å². The summed E-state index contributed by atoms with van der Waals surface area (Å²) in [6.07, 6.45) is 0. The van der Waals surface area contributed by atoms with E-state index in [1.807, 2.05) is 42.5 Å². The first-order chi connectivity index (χ1) is 9.20. The quantitative estimate of drug-likeness (QED) is 0.809. The average molecular weight is 312 g/mol. The zero-order chi connectivity index (χ0) is 13.7. The fourth-order valence-electron chi connectivity index (χ4n) is 1.69. The van der Waals surface area contributed by atoms with Crippen LogP contribution in [0.2, 0.25) is 10.0 Å². The number of hydrogen-bond acceptors (Lipinski definition) is 2. The Kier molecular flexibility index (Phi) is 5.59. The minimum Gasteiger partial charge on any atom is -0.313 e. The zero-order valence-electron chi connectivity index (χ0n) is 10.6. The van der Waals surface area contributed by atoms with E-state index in [0.717, 1.165) is 28.0 Å². The molecular formula is C15H15Cl2NS. The summed E-state index contributed by atoms with van der Waals surface area (Å²) >= 11 is 13.9. The summed E-state index contributed by atoms with van der Waals surface area (Å²) in [5, 5.41) is 4.86. The number of nitrogens with one attached hydrogen (secondary N) is 1. The Morgan fingerprint density at radius 3 is 2.58 bits per heavy atom. The van der Waals surface area contributed by atoms with Gasteiger partial charge in [-0.1, -0.05) is 54.0 Å². The predicted octanol–water partition coefficient (Wildman–Crippen LogP) is 5.25. The number of hydrogen-bond donors (Lipinski definition) is 1. The molecule has 0 bridgehead atoms. The van der Waals surface area contributed by atoms with Crippen molar-refractivity contribution in [3.63, 3.8) is 0 Å². The molecule has 0 aromatic heterocycles. The molecule has 2 aromatic rings. The number of halogens is 2. The van der Waals surface area contributed by atoms with Gasteiger partial charge in [-0.05, 0) is 42.4 Å². The third-order valence-corrected chi connectivity index (χ3v) is 4.52. The molecule has 0 radical (unpaired) electrons. The van der Waals surface area contributed by atoms with Crippen LogP contribution in [0.4, 0.5) is 0 Å². The topological polar surface area (TPSA) is 12.0 Å². The van der Waals surface area contributed by atoms with Gasteiger partial charge < -0.3 is 5.32 Å². The maximum Gasteiger partial charge on any atom is 0.0545 e. The van der Waals surface area contributed by atoms with E-state index in [-0.39, 0.29) is 0 Å². The second-order valence-electron chi connectivity index (χ2n) is 4.06. The molecule has 100 valence electrons. The zero-order valence-corrected chi connectivity index (χ0v) is 12.9. The highest BCUT2D eigenvalue weighted by Gasteiger charge is 2.07. The summed E-state index contributed by atoms with van der Waals surface area (Å²) in [5.41, 5.74) is 1.19. The highest BCUT2D eigenvalue weighted by molar-refractivity contribution is 7.99. The molecule has 0 saturated carbocycles. The van der Waals surface area contributed by atoms with E-state index in [0.29, 0.717) is 0 Å². The largest absolute Gasteiger partial charge is 0.313 e. The summed E-state index contributed by atoms with van der Waals surface area (Å²) in [7, 11) is 0. The van der Waals surface area contributed by atoms with Gasteiger partial charge in [-0.15, -0.1) is 0 Å². The van der Waals surface area contributed by atoms with Crippen LogP contribution in [0.25, 0.3) is 0 Å². The molecule has 0 aliphatic heterocycles. The molecular weight excluding hydrogens is 297 g/mol. The third-order valence-electron chi connectivity index (χ3n) is 2.64. The van der Waals surface area contributed by atoms with Crippen LogP contribution in [0, 0.1) is 0 Å². The lowest BCUT2D eigenvalue weighted by atomic mass is 10.2. The molecule has 0 aliphatic rings. The standard InChI is InChI=1S/C15H15Cl2NS/c1-2-18-10-11-9-12(16)7-8-14(11)19-15-6-4-3-5-13(15)17/h3-9,18H,2,10H2,1H3. The van der Waals surface area contributed by atoms with E-state index >= 15 is 0 Å². The molecule has 0 amide bonds. The van der Waals surface area contributed by atoms with Crippen LogP contribution in [0.5, 0.6) is 0 Å². The molecule has 0 atom stereocenters. The molecule has 0 unspecified atom stereocenters. The summed E-state index contributed by atoms with van der Waals surface area (Å²) in [4.78, 5) is 2.24. The molecule has 0 saturated heterocycles. The van der Waals surface area contributed by atoms with Crippen LogP contribution in [-0.4, -0.2) is 6.54 Å². The Labute approximate surface area is 128 Å². The summed E-state index contributed by atoms with van der Waals surface area (Å²) in [5.74, 6) is 0. The molecule has 0 aliphatic carbocycles. The highest BCUT2D eigenvalue weighted by atomic mass is 35.5. The van der Waals surface area contributed by atoms with E-state index in [9.17, 15) is 0 Å². The van der Waals surface area contributed by atoms with Crippen molar-refractivity contribution in [2.45, 2.75) is 23.3 Å². The molecule has 1 nitrogen and oxygen atoms in total. The number of rotatable bonds is 5. The van der Waals surface area contributed by atoms with E-state index in [1.54, 1.807) is 11.8 Å². The second-order valence-corrected chi connectivity index (χ2v) is 5.99. The Hall–Kier alpha value is -0.670. The van der Waals surface area contributed by atoms with Crippen molar-refractivity contribution in [2.75, 3.05) is 6.54 Å². The van der Waals surface area contributed by atoms with Crippen molar-refractivity contribution in [1.82, 2.24) is 5.32 Å². The summed E-state index contributed by atoms with van der Waals surface area (Å²) < 4.78 is 0. The van der Waals surface area contributed by atoms with Crippen LogP contribution in [0.15, 0.2) is 52.3 Å². The van der Waals surface area contributed by atoms with Gasteiger partial charge in [0.25, 0.3) is 0 Å². The van der Waals surface area contributed by atoms with Crippen LogP contribution in [-0.2, 0) is 6.54 Å². The van der Waals surface area contributed by atoms with E-state index in [1.165, 1.54) is 10.5 Å². The Balaban J connectivity index is 2.26. The Morgan fingerprint density at radius 1 is 1.05 bits per heavy atom. The minimum atomic E-state index is 0.761. The lowest BCUT2D eigenvalue weighted by molar-refractivity contribution is 0.718. The Bertz CT molecular complexity index is 558. The van der Waals surface area contributed by atoms with Gasteiger partial charge in [0.15, 0.2) is 0 Å². The molecule has 0 spiro atoms. The molecule has 4 heteroatoms. The van der Waals surface area contributed by atoms with Gasteiger partial charge >= 0.3 is 0 Å². The maximum absolute atomic E-state index is 6.20. The maximum atomic E-state index is 6.20. The van der Waals surface area contributed by atoms with Crippen LogP contribution in [0.1, 0.15) is 12.5 Å². The SMILES string of the molecule is CCNCc1cc(Cl)ccc1Sc1ccccc1Cl. The van der Waals surface area contributed by atoms with Crippen molar-refractivity contribution in [3.05, 3.63) is 58.1 Å². The van der Waals surface area contributed by atoms with Gasteiger partial charge in [0.05, 0.1) is 5.02 Å². The lowest BCUT2D eigenvalue weighted by Gasteiger charge is -2.11. The molecule has 0 fully saturated rings. The van der Waals surface area contributed by atoms with Gasteiger partial charge in [-0.2, -0.15) is 0 Å². The van der Waals surface area contributed by atoms with Crippen LogP contribution < -0.4 is 5.32 Å². The normalized spacial score (nSPS) is 10.7. The fourth-order valence-corrected chi connectivity index (χ4v) is 3.08. The minimum absolute atomic E-state index is 0.761. The van der Waals surface area contributed by atoms with Gasteiger partial charge in [0.2, 0.25) is 0 Å². The first-order valence-electron chi connectivity index (χ1n) is 6.12. The van der Waals surface area contributed by atoms with Crippen molar-refractivity contribution >= 4 is 35.0 Å². The molecule has 2 rings (SSSR count). The third kappa shape index (κ3) is 4.15. The van der Waals surface area contributed by atoms with Crippen molar-refractivity contribution in [1.29, 1.82) is 0 Å². The monoisotopic (exact) mass is 311 g/mol. The van der Waals surface area contributed by atoms with Crippen LogP contribution >= 0.6 is 35.0 Å². The van der Waals surface area contributed by atoms with Gasteiger partial charge in [0.1, 0.15) is 0 Å². The highest BCUT2D eigenvalue weighted by Crippen LogP contribution is 2.35. The Morgan fingerprint density at radius 2 is 1.84 bits per heavy atom. The van der Waals surface area contributed by atoms with Crippen molar-refractivity contribution < 1.29 is 0 Å². The van der Waals surface area contributed by atoms with E-state index in [2.05, 4.69) is 12.2 Å². The smallest absolute Gasteiger partial charge is 0.0545 e. The average Bonchev–Trinajstić information content (AvgIpc) is 2.41. The first kappa shape index (κ1) is 14.7. The van der Waals surface area contributed by atoms with Gasteiger partial charge in [0, 0.05) is 21.4 Å². The van der Waals surface area contributed by atoms with Crippen molar-refractivity contribution in [2.24, 2.45) is 0 Å². The van der Waals surface area contributed by atoms with Gasteiger partial charge in [-0.3, -0.25) is 0 Å². The second kappa shape index (κ2) is 7.20. The first-order valence-corrected chi connectivity index (χ1v) is 7.69. The summed E-state index contributed by atoms with van der Waals surface area (Å²) in [6.45, 7) is 3.83. The fraction of sp³-hybridized carbons (Fsp3) is 0.200. The number of benzene rings is 2. The van der Waals surface area contributed by atoms with Crippen LogP contribution in [0.3, 0.4) is 0 Å². The van der Waals surface area contributed by atoms with E-state index in [4.69, 9.17) is 23.2 Å². The van der Waals surface area contributed by atoms with Crippen molar-refractivity contribution in [3.8, 4) is 0 Å².